The average molecular weight is 291 g/mol. The van der Waals surface area contributed by atoms with Gasteiger partial charge in [0.15, 0.2) is 5.65 Å². The molecule has 3 rings (SSSR count). The number of hydrogen-bond acceptors (Lipinski definition) is 4. The molecule has 2 heterocycles. The van der Waals surface area contributed by atoms with Gasteiger partial charge in [0, 0.05) is 0 Å². The summed E-state index contributed by atoms with van der Waals surface area (Å²) in [6.45, 7) is 0. The van der Waals surface area contributed by atoms with E-state index in [4.69, 9.17) is 16.3 Å². The number of methoxy groups -OCH3 is 1. The highest BCUT2D eigenvalue weighted by Gasteiger charge is 2.11. The molecule has 7 heteroatoms. The Balaban J connectivity index is 2.20. The van der Waals surface area contributed by atoms with Gasteiger partial charge in [0.2, 0.25) is 0 Å². The molecule has 102 valence electrons. The maximum Gasteiger partial charge on any atom is 0.262 e. The van der Waals surface area contributed by atoms with Gasteiger partial charge in [-0.1, -0.05) is 0 Å². The fourth-order valence-electron chi connectivity index (χ4n) is 1.94. The second kappa shape index (κ2) is 4.97. The van der Waals surface area contributed by atoms with Gasteiger partial charge < -0.3 is 9.72 Å². The van der Waals surface area contributed by atoms with Crippen molar-refractivity contribution in [2.75, 3.05) is 7.11 Å². The van der Waals surface area contributed by atoms with Gasteiger partial charge in [-0.15, -0.1) is 11.6 Å². The van der Waals surface area contributed by atoms with Crippen molar-refractivity contribution in [2.24, 2.45) is 0 Å². The molecule has 0 atom stereocenters. The monoisotopic (exact) mass is 290 g/mol. The van der Waals surface area contributed by atoms with Gasteiger partial charge in [0.25, 0.3) is 5.56 Å². The molecule has 0 aliphatic rings. The summed E-state index contributed by atoms with van der Waals surface area (Å²) >= 11 is 5.73. The maximum atomic E-state index is 11.9. The Morgan fingerprint density at radius 2 is 2.10 bits per heavy atom. The van der Waals surface area contributed by atoms with Crippen molar-refractivity contribution in [3.8, 4) is 11.4 Å². The number of halogens is 1. The van der Waals surface area contributed by atoms with Crippen LogP contribution >= 0.6 is 11.6 Å². The van der Waals surface area contributed by atoms with E-state index in [0.717, 1.165) is 11.4 Å². The van der Waals surface area contributed by atoms with Gasteiger partial charge in [0.05, 0.1) is 24.9 Å². The zero-order chi connectivity index (χ0) is 14.1. The van der Waals surface area contributed by atoms with Crippen molar-refractivity contribution in [1.82, 2.24) is 19.7 Å². The lowest BCUT2D eigenvalue weighted by Gasteiger charge is -2.05. The molecule has 0 bridgehead atoms. The molecule has 0 unspecified atom stereocenters. The highest BCUT2D eigenvalue weighted by Crippen LogP contribution is 2.17. The van der Waals surface area contributed by atoms with Gasteiger partial charge >= 0.3 is 0 Å². The lowest BCUT2D eigenvalue weighted by Crippen LogP contribution is -2.11. The Hall–Kier alpha value is -2.34. The van der Waals surface area contributed by atoms with Gasteiger partial charge in [-0.05, 0) is 24.3 Å². The molecule has 0 spiro atoms. The van der Waals surface area contributed by atoms with Gasteiger partial charge in [-0.3, -0.25) is 4.79 Å². The van der Waals surface area contributed by atoms with E-state index in [1.807, 2.05) is 24.3 Å². The van der Waals surface area contributed by atoms with E-state index < -0.39 is 0 Å². The zero-order valence-corrected chi connectivity index (χ0v) is 11.4. The standard InChI is InChI=1S/C13H11ClN4O2/c1-20-9-4-2-8(3-5-9)18-12-10(7-15-18)13(19)17-11(6-14)16-12/h2-5,7H,6H2,1H3,(H,16,17,19). The Bertz CT molecular complexity index is 807. The fourth-order valence-corrected chi connectivity index (χ4v) is 2.07. The van der Waals surface area contributed by atoms with Crippen LogP contribution in [-0.2, 0) is 5.88 Å². The van der Waals surface area contributed by atoms with E-state index in [9.17, 15) is 4.79 Å². The Labute approximate surface area is 119 Å². The van der Waals surface area contributed by atoms with E-state index in [2.05, 4.69) is 15.1 Å². The summed E-state index contributed by atoms with van der Waals surface area (Å²) < 4.78 is 6.71. The molecule has 1 aromatic carbocycles. The van der Waals surface area contributed by atoms with Crippen molar-refractivity contribution in [2.45, 2.75) is 5.88 Å². The summed E-state index contributed by atoms with van der Waals surface area (Å²) in [5, 5.41) is 4.63. The second-order valence-electron chi connectivity index (χ2n) is 4.14. The molecule has 2 aromatic heterocycles. The minimum Gasteiger partial charge on any atom is -0.497 e. The van der Waals surface area contributed by atoms with E-state index >= 15 is 0 Å². The summed E-state index contributed by atoms with van der Waals surface area (Å²) in [6, 6.07) is 7.32. The smallest absolute Gasteiger partial charge is 0.262 e. The van der Waals surface area contributed by atoms with Crippen molar-refractivity contribution < 1.29 is 4.74 Å². The van der Waals surface area contributed by atoms with Crippen LogP contribution in [0.25, 0.3) is 16.7 Å². The minimum atomic E-state index is -0.245. The molecule has 3 aromatic rings. The van der Waals surface area contributed by atoms with Gasteiger partial charge in [-0.25, -0.2) is 9.67 Å². The number of fused-ring (bicyclic) bond motifs is 1. The number of nitrogens with one attached hydrogen (secondary N) is 1. The normalized spacial score (nSPS) is 10.9. The van der Waals surface area contributed by atoms with Crippen LogP contribution in [0.15, 0.2) is 35.3 Å². The van der Waals surface area contributed by atoms with Crippen LogP contribution in [0.1, 0.15) is 5.82 Å². The molecule has 0 saturated carbocycles. The highest BCUT2D eigenvalue weighted by molar-refractivity contribution is 6.16. The topological polar surface area (TPSA) is 72.8 Å². The quantitative estimate of drug-likeness (QED) is 0.747. The zero-order valence-electron chi connectivity index (χ0n) is 10.6. The molecule has 0 saturated heterocycles. The summed E-state index contributed by atoms with van der Waals surface area (Å²) in [6.07, 6.45) is 1.49. The molecular weight excluding hydrogens is 280 g/mol. The number of hydrogen-bond donors (Lipinski definition) is 1. The first-order valence-corrected chi connectivity index (χ1v) is 6.43. The van der Waals surface area contributed by atoms with Crippen LogP contribution in [0, 0.1) is 0 Å². The molecule has 0 amide bonds. The van der Waals surface area contributed by atoms with Crippen molar-refractivity contribution >= 4 is 22.6 Å². The molecule has 0 aliphatic carbocycles. The van der Waals surface area contributed by atoms with Crippen molar-refractivity contribution in [3.63, 3.8) is 0 Å². The lowest BCUT2D eigenvalue weighted by atomic mass is 10.3. The largest absolute Gasteiger partial charge is 0.497 e. The summed E-state index contributed by atoms with van der Waals surface area (Å²) in [5.41, 5.74) is 1.03. The molecular formula is C13H11ClN4O2. The molecule has 20 heavy (non-hydrogen) atoms. The summed E-state index contributed by atoms with van der Waals surface area (Å²) in [4.78, 5) is 18.8. The summed E-state index contributed by atoms with van der Waals surface area (Å²) in [7, 11) is 1.60. The Morgan fingerprint density at radius 1 is 1.35 bits per heavy atom. The first-order valence-electron chi connectivity index (χ1n) is 5.90. The predicted octanol–water partition coefficient (Wildman–Crippen LogP) is 1.86. The first kappa shape index (κ1) is 12.7. The number of ether oxygens (including phenoxy) is 1. The van der Waals surface area contributed by atoms with Gasteiger partial charge in [0.1, 0.15) is 17.0 Å². The van der Waals surface area contributed by atoms with E-state index in [-0.39, 0.29) is 11.4 Å². The third kappa shape index (κ3) is 2.04. The third-order valence-electron chi connectivity index (χ3n) is 2.93. The maximum absolute atomic E-state index is 11.9. The van der Waals surface area contributed by atoms with Crippen LogP contribution in [0.4, 0.5) is 0 Å². The number of H-pyrrole nitrogens is 1. The molecule has 6 nitrogen and oxygen atoms in total. The van der Waals surface area contributed by atoms with E-state index in [0.29, 0.717) is 16.9 Å². The van der Waals surface area contributed by atoms with E-state index in [1.54, 1.807) is 11.8 Å². The third-order valence-corrected chi connectivity index (χ3v) is 3.18. The van der Waals surface area contributed by atoms with Crippen LogP contribution in [0.3, 0.4) is 0 Å². The van der Waals surface area contributed by atoms with Crippen molar-refractivity contribution in [3.05, 3.63) is 46.6 Å². The van der Waals surface area contributed by atoms with Crippen LogP contribution in [-0.4, -0.2) is 26.9 Å². The summed E-state index contributed by atoms with van der Waals surface area (Å²) in [5.74, 6) is 1.30. The van der Waals surface area contributed by atoms with Crippen LogP contribution < -0.4 is 10.3 Å². The highest BCUT2D eigenvalue weighted by atomic mass is 35.5. The molecule has 0 aliphatic heterocycles. The Morgan fingerprint density at radius 3 is 2.75 bits per heavy atom. The average Bonchev–Trinajstić information content (AvgIpc) is 2.91. The lowest BCUT2D eigenvalue weighted by molar-refractivity contribution is 0.414. The van der Waals surface area contributed by atoms with Crippen molar-refractivity contribution in [1.29, 1.82) is 0 Å². The van der Waals surface area contributed by atoms with Crippen LogP contribution in [0.2, 0.25) is 0 Å². The molecule has 0 fully saturated rings. The number of aromatic nitrogens is 4. The number of nitrogens with zero attached hydrogens (tertiary/aromatic N) is 3. The minimum absolute atomic E-state index is 0.138. The second-order valence-corrected chi connectivity index (χ2v) is 4.41. The first-order chi connectivity index (χ1) is 9.72. The van der Waals surface area contributed by atoms with Crippen LogP contribution in [0.5, 0.6) is 5.75 Å². The fraction of sp³-hybridized carbons (Fsp3) is 0.154. The number of aromatic amines is 1. The number of benzene rings is 1. The number of rotatable bonds is 3. The Kier molecular flexibility index (Phi) is 3.15. The van der Waals surface area contributed by atoms with E-state index in [1.165, 1.54) is 6.20 Å². The molecule has 0 radical (unpaired) electrons. The predicted molar refractivity (Wildman–Crippen MR) is 75.6 cm³/mol. The SMILES string of the molecule is COc1ccc(-n2ncc3c(=O)[nH]c(CCl)nc32)cc1. The molecule has 1 N–H and O–H groups in total. The number of alkyl halides is 1. The van der Waals surface area contributed by atoms with Gasteiger partial charge in [-0.2, -0.15) is 5.10 Å².